The van der Waals surface area contributed by atoms with Crippen molar-refractivity contribution in [2.75, 3.05) is 18.9 Å². The second kappa shape index (κ2) is 5.85. The van der Waals surface area contributed by atoms with E-state index < -0.39 is 0 Å². The highest BCUT2D eigenvalue weighted by molar-refractivity contribution is 9.10. The van der Waals surface area contributed by atoms with Gasteiger partial charge in [-0.05, 0) is 35.4 Å². The number of fused-ring (bicyclic) bond motifs is 1. The smallest absolute Gasteiger partial charge is 0.120 e. The van der Waals surface area contributed by atoms with Crippen LogP contribution in [0.4, 0.5) is 5.69 Å². The van der Waals surface area contributed by atoms with Crippen LogP contribution in [-0.2, 0) is 13.1 Å². The molecule has 2 aromatic rings. The lowest BCUT2D eigenvalue weighted by Crippen LogP contribution is -2.23. The Labute approximate surface area is 127 Å². The molecule has 2 N–H and O–H groups in total. The number of nitrogen functional groups attached to an aromatic ring is 1. The van der Waals surface area contributed by atoms with E-state index in [1.807, 2.05) is 36.4 Å². The Kier molecular flexibility index (Phi) is 3.94. The van der Waals surface area contributed by atoms with Crippen molar-refractivity contribution in [2.24, 2.45) is 0 Å². The van der Waals surface area contributed by atoms with Gasteiger partial charge in [-0.25, -0.2) is 0 Å². The Bertz CT molecular complexity index is 615. The third-order valence-electron chi connectivity index (χ3n) is 3.56. The molecule has 1 heterocycles. The summed E-state index contributed by atoms with van der Waals surface area (Å²) in [5.74, 6) is 0.899. The molecular weight excluding hydrogens is 316 g/mol. The summed E-state index contributed by atoms with van der Waals surface area (Å²) >= 11 is 3.44. The van der Waals surface area contributed by atoms with Gasteiger partial charge in [0.25, 0.3) is 0 Å². The molecule has 0 bridgehead atoms. The topological polar surface area (TPSA) is 38.5 Å². The van der Waals surface area contributed by atoms with E-state index in [4.69, 9.17) is 10.5 Å². The van der Waals surface area contributed by atoms with Crippen molar-refractivity contribution in [3.63, 3.8) is 0 Å². The molecular formula is C16H17BrN2O. The number of ether oxygens (including phenoxy) is 1. The molecule has 0 aliphatic carbocycles. The number of rotatable bonds is 4. The first-order chi connectivity index (χ1) is 9.72. The Morgan fingerprint density at radius 3 is 2.80 bits per heavy atom. The van der Waals surface area contributed by atoms with Crippen LogP contribution in [0, 0.1) is 0 Å². The van der Waals surface area contributed by atoms with E-state index in [1.54, 1.807) is 0 Å². The number of hydrogen-bond donors (Lipinski definition) is 1. The second-order valence-electron chi connectivity index (χ2n) is 5.00. The summed E-state index contributed by atoms with van der Waals surface area (Å²) in [6.45, 7) is 3.47. The summed E-state index contributed by atoms with van der Waals surface area (Å²) in [6, 6.07) is 14.1. The number of benzene rings is 2. The second-order valence-corrected chi connectivity index (χ2v) is 5.92. The Balaban J connectivity index is 1.53. The van der Waals surface area contributed by atoms with Gasteiger partial charge in [0.05, 0.1) is 0 Å². The van der Waals surface area contributed by atoms with Crippen LogP contribution in [0.2, 0.25) is 0 Å². The Hall–Kier alpha value is -1.52. The van der Waals surface area contributed by atoms with E-state index in [-0.39, 0.29) is 0 Å². The lowest BCUT2D eigenvalue weighted by Gasteiger charge is -2.15. The third kappa shape index (κ3) is 2.97. The minimum absolute atomic E-state index is 0.685. The zero-order valence-electron chi connectivity index (χ0n) is 11.2. The SMILES string of the molecule is Nc1cccc2c1CN(CCOc1cccc(Br)c1)C2. The summed E-state index contributed by atoms with van der Waals surface area (Å²) in [4.78, 5) is 2.36. The highest BCUT2D eigenvalue weighted by Crippen LogP contribution is 2.27. The van der Waals surface area contributed by atoms with Crippen molar-refractivity contribution in [1.29, 1.82) is 0 Å². The largest absolute Gasteiger partial charge is 0.492 e. The highest BCUT2D eigenvalue weighted by Gasteiger charge is 2.20. The minimum Gasteiger partial charge on any atom is -0.492 e. The maximum Gasteiger partial charge on any atom is 0.120 e. The van der Waals surface area contributed by atoms with Gasteiger partial charge in [0.1, 0.15) is 12.4 Å². The normalized spacial score (nSPS) is 14.2. The third-order valence-corrected chi connectivity index (χ3v) is 4.05. The zero-order valence-corrected chi connectivity index (χ0v) is 12.8. The first-order valence-electron chi connectivity index (χ1n) is 6.69. The Morgan fingerprint density at radius 1 is 1.15 bits per heavy atom. The summed E-state index contributed by atoms with van der Waals surface area (Å²) < 4.78 is 6.81. The monoisotopic (exact) mass is 332 g/mol. The van der Waals surface area contributed by atoms with Crippen LogP contribution in [0.5, 0.6) is 5.75 Å². The fourth-order valence-corrected chi connectivity index (χ4v) is 2.90. The van der Waals surface area contributed by atoms with Crippen LogP contribution >= 0.6 is 15.9 Å². The molecule has 3 nitrogen and oxygen atoms in total. The van der Waals surface area contributed by atoms with Gasteiger partial charge in [-0.1, -0.05) is 34.1 Å². The molecule has 1 aliphatic heterocycles. The molecule has 1 aliphatic rings. The quantitative estimate of drug-likeness (QED) is 0.872. The van der Waals surface area contributed by atoms with E-state index in [9.17, 15) is 0 Å². The summed E-state index contributed by atoms with van der Waals surface area (Å²) in [5, 5.41) is 0. The average Bonchev–Trinajstić information content (AvgIpc) is 2.83. The molecule has 0 aromatic heterocycles. The summed E-state index contributed by atoms with van der Waals surface area (Å²) in [5.41, 5.74) is 9.52. The number of nitrogens with two attached hydrogens (primary N) is 1. The molecule has 0 radical (unpaired) electrons. The molecule has 0 fully saturated rings. The first-order valence-corrected chi connectivity index (χ1v) is 7.48. The number of nitrogens with zero attached hydrogens (tertiary/aromatic N) is 1. The van der Waals surface area contributed by atoms with Crippen LogP contribution in [0.1, 0.15) is 11.1 Å². The molecule has 2 aromatic carbocycles. The van der Waals surface area contributed by atoms with Crippen LogP contribution in [0.25, 0.3) is 0 Å². The first kappa shape index (κ1) is 13.5. The zero-order chi connectivity index (χ0) is 13.9. The van der Waals surface area contributed by atoms with Gasteiger partial charge >= 0.3 is 0 Å². The van der Waals surface area contributed by atoms with Gasteiger partial charge in [0.2, 0.25) is 0 Å². The average molecular weight is 333 g/mol. The van der Waals surface area contributed by atoms with Gasteiger partial charge in [-0.15, -0.1) is 0 Å². The van der Waals surface area contributed by atoms with Crippen molar-refractivity contribution >= 4 is 21.6 Å². The molecule has 0 unspecified atom stereocenters. The highest BCUT2D eigenvalue weighted by atomic mass is 79.9. The van der Waals surface area contributed by atoms with Gasteiger partial charge in [-0.3, -0.25) is 4.90 Å². The van der Waals surface area contributed by atoms with Crippen molar-refractivity contribution in [3.8, 4) is 5.75 Å². The lowest BCUT2D eigenvalue weighted by atomic mass is 10.1. The van der Waals surface area contributed by atoms with E-state index in [2.05, 4.69) is 26.9 Å². The van der Waals surface area contributed by atoms with E-state index in [0.717, 1.165) is 35.5 Å². The number of anilines is 1. The van der Waals surface area contributed by atoms with Crippen molar-refractivity contribution in [3.05, 3.63) is 58.1 Å². The molecule has 0 spiro atoms. The summed E-state index contributed by atoms with van der Waals surface area (Å²) in [7, 11) is 0. The maximum atomic E-state index is 6.01. The van der Waals surface area contributed by atoms with E-state index in [1.165, 1.54) is 11.1 Å². The predicted molar refractivity (Wildman–Crippen MR) is 84.6 cm³/mol. The van der Waals surface area contributed by atoms with Crippen LogP contribution in [-0.4, -0.2) is 18.1 Å². The van der Waals surface area contributed by atoms with Crippen LogP contribution in [0.3, 0.4) is 0 Å². The minimum atomic E-state index is 0.685. The molecule has 0 amide bonds. The predicted octanol–water partition coefficient (Wildman–Crippen LogP) is 3.43. The van der Waals surface area contributed by atoms with Crippen molar-refractivity contribution in [1.82, 2.24) is 4.90 Å². The fraction of sp³-hybridized carbons (Fsp3) is 0.250. The number of halogens is 1. The van der Waals surface area contributed by atoms with Gasteiger partial charge in [0.15, 0.2) is 0 Å². The molecule has 3 rings (SSSR count). The standard InChI is InChI=1S/C16H17BrN2O/c17-13-4-2-5-14(9-13)20-8-7-19-10-12-3-1-6-16(18)15(12)11-19/h1-6,9H,7-8,10-11,18H2. The van der Waals surface area contributed by atoms with Gasteiger partial charge in [0, 0.05) is 29.8 Å². The molecule has 20 heavy (non-hydrogen) atoms. The van der Waals surface area contributed by atoms with E-state index >= 15 is 0 Å². The van der Waals surface area contributed by atoms with Crippen LogP contribution < -0.4 is 10.5 Å². The maximum absolute atomic E-state index is 6.01. The Morgan fingerprint density at radius 2 is 2.00 bits per heavy atom. The van der Waals surface area contributed by atoms with Crippen molar-refractivity contribution < 1.29 is 4.74 Å². The molecule has 104 valence electrons. The van der Waals surface area contributed by atoms with Gasteiger partial charge in [-0.2, -0.15) is 0 Å². The van der Waals surface area contributed by atoms with Crippen LogP contribution in [0.15, 0.2) is 46.9 Å². The van der Waals surface area contributed by atoms with Crippen molar-refractivity contribution in [2.45, 2.75) is 13.1 Å². The molecule has 4 heteroatoms. The lowest BCUT2D eigenvalue weighted by molar-refractivity contribution is 0.211. The number of hydrogen-bond acceptors (Lipinski definition) is 3. The van der Waals surface area contributed by atoms with E-state index in [0.29, 0.717) is 6.61 Å². The molecule has 0 saturated carbocycles. The molecule has 0 saturated heterocycles. The molecule has 0 atom stereocenters. The fourth-order valence-electron chi connectivity index (χ4n) is 2.52. The van der Waals surface area contributed by atoms with Gasteiger partial charge < -0.3 is 10.5 Å². The summed E-state index contributed by atoms with van der Waals surface area (Å²) in [6.07, 6.45) is 0.